The number of rotatable bonds is 2. The van der Waals surface area contributed by atoms with E-state index < -0.39 is 0 Å². The van der Waals surface area contributed by atoms with Gasteiger partial charge >= 0.3 is 0 Å². The Morgan fingerprint density at radius 1 is 1.33 bits per heavy atom. The maximum absolute atomic E-state index is 12.1. The summed E-state index contributed by atoms with van der Waals surface area (Å²) in [7, 11) is 0. The number of ketones is 1. The lowest BCUT2D eigenvalue weighted by molar-refractivity contribution is -0.148. The van der Waals surface area contributed by atoms with Gasteiger partial charge in [0.25, 0.3) is 0 Å². The minimum absolute atomic E-state index is 0.0341. The molecule has 0 aromatic carbocycles. The summed E-state index contributed by atoms with van der Waals surface area (Å²) < 4.78 is 6.60. The molecule has 6 aliphatic rings. The van der Waals surface area contributed by atoms with Crippen molar-refractivity contribution < 1.29 is 9.53 Å². The zero-order chi connectivity index (χ0) is 18.4. The Hall–Kier alpha value is -1.15. The molecule has 9 atom stereocenters. The fraction of sp³-hybridized carbons (Fsp3) is 0.720. The van der Waals surface area contributed by atoms with E-state index in [1.807, 2.05) is 6.08 Å². The van der Waals surface area contributed by atoms with Crippen LogP contribution in [0.3, 0.4) is 0 Å². The van der Waals surface area contributed by atoms with Crippen molar-refractivity contribution in [3.05, 3.63) is 36.5 Å². The number of hydrogen-bond donors (Lipinski definition) is 0. The first-order valence-corrected chi connectivity index (χ1v) is 11.3. The molecule has 0 aromatic heterocycles. The quantitative estimate of drug-likeness (QED) is 0.636. The van der Waals surface area contributed by atoms with E-state index in [1.54, 1.807) is 0 Å². The van der Waals surface area contributed by atoms with Crippen LogP contribution in [0.2, 0.25) is 0 Å². The Morgan fingerprint density at radius 2 is 2.22 bits per heavy atom. The second-order valence-corrected chi connectivity index (χ2v) is 10.3. The summed E-state index contributed by atoms with van der Waals surface area (Å²) >= 11 is 0. The van der Waals surface area contributed by atoms with Gasteiger partial charge in [-0.15, -0.1) is 6.58 Å². The molecule has 0 bridgehead atoms. The smallest absolute Gasteiger partial charge is 0.155 e. The molecule has 27 heavy (non-hydrogen) atoms. The van der Waals surface area contributed by atoms with Crippen LogP contribution >= 0.6 is 0 Å². The van der Waals surface area contributed by atoms with Crippen LogP contribution in [0.15, 0.2) is 36.5 Å². The van der Waals surface area contributed by atoms with Crippen LogP contribution in [-0.2, 0) is 9.53 Å². The molecular formula is C25H32O2. The summed E-state index contributed by atoms with van der Waals surface area (Å²) in [6.45, 7) is 7.50. The van der Waals surface area contributed by atoms with Crippen LogP contribution in [-0.4, -0.2) is 18.0 Å². The van der Waals surface area contributed by atoms with E-state index >= 15 is 0 Å². The number of carbonyl (C=O) groups is 1. The highest BCUT2D eigenvalue weighted by atomic mass is 16.5. The number of allylic oxidation sites excluding steroid dienone is 2. The van der Waals surface area contributed by atoms with Crippen LogP contribution < -0.4 is 0 Å². The van der Waals surface area contributed by atoms with E-state index in [1.165, 1.54) is 31.3 Å². The highest BCUT2D eigenvalue weighted by Crippen LogP contribution is 2.79. The van der Waals surface area contributed by atoms with Crippen molar-refractivity contribution in [3.63, 3.8) is 0 Å². The zero-order valence-corrected chi connectivity index (χ0v) is 16.5. The van der Waals surface area contributed by atoms with Crippen molar-refractivity contribution in [1.29, 1.82) is 0 Å². The molecule has 2 heteroatoms. The third kappa shape index (κ3) is 1.89. The summed E-state index contributed by atoms with van der Waals surface area (Å²) in [5, 5.41) is 0. The molecule has 5 aliphatic carbocycles. The second kappa shape index (κ2) is 5.47. The lowest BCUT2D eigenvalue weighted by atomic mass is 9.46. The van der Waals surface area contributed by atoms with Crippen LogP contribution in [0, 0.1) is 46.8 Å². The van der Waals surface area contributed by atoms with Gasteiger partial charge in [0.2, 0.25) is 0 Å². The largest absolute Gasteiger partial charge is 0.366 e. The van der Waals surface area contributed by atoms with Gasteiger partial charge < -0.3 is 4.74 Å². The molecule has 144 valence electrons. The maximum atomic E-state index is 12.1. The molecule has 1 aliphatic heterocycles. The van der Waals surface area contributed by atoms with Gasteiger partial charge in [0, 0.05) is 11.8 Å². The van der Waals surface area contributed by atoms with Gasteiger partial charge in [-0.2, -0.15) is 0 Å². The molecule has 1 spiro atoms. The van der Waals surface area contributed by atoms with E-state index in [2.05, 4.69) is 31.7 Å². The zero-order valence-electron chi connectivity index (χ0n) is 16.5. The Bertz CT molecular complexity index is 762. The molecule has 0 saturated heterocycles. The third-order valence-electron chi connectivity index (χ3n) is 9.83. The number of carbonyl (C=O) groups excluding carboxylic acids is 1. The Morgan fingerprint density at radius 3 is 2.96 bits per heavy atom. The second-order valence-electron chi connectivity index (χ2n) is 10.3. The molecule has 6 rings (SSSR count). The predicted octanol–water partition coefficient (Wildman–Crippen LogP) is 5.11. The van der Waals surface area contributed by atoms with Gasteiger partial charge in [0.15, 0.2) is 5.78 Å². The molecular weight excluding hydrogens is 332 g/mol. The highest BCUT2D eigenvalue weighted by Gasteiger charge is 2.77. The topological polar surface area (TPSA) is 26.3 Å². The summed E-state index contributed by atoms with van der Waals surface area (Å²) in [5.41, 5.74) is 1.83. The summed E-state index contributed by atoms with van der Waals surface area (Å²) in [6, 6.07) is 0. The van der Waals surface area contributed by atoms with E-state index in [0.717, 1.165) is 55.5 Å². The first-order valence-electron chi connectivity index (χ1n) is 11.3. The molecule has 0 N–H and O–H groups in total. The summed E-state index contributed by atoms with van der Waals surface area (Å²) in [5.74, 6) is 5.47. The molecule has 0 aromatic rings. The first-order chi connectivity index (χ1) is 13.1. The lowest BCUT2D eigenvalue weighted by Crippen LogP contribution is -2.57. The Labute approximate surface area is 163 Å². The monoisotopic (exact) mass is 364 g/mol. The molecule has 4 saturated carbocycles. The Kier molecular flexibility index (Phi) is 3.40. The van der Waals surface area contributed by atoms with Crippen molar-refractivity contribution in [1.82, 2.24) is 0 Å². The standard InChI is InChI=1S/C25H32O2/c1-3-15-12-16-13-17(26)6-7-18(16)19-8-10-24(4-2)23(22(15)19)20-14-21(20)25(24)9-5-11-27-25/h3,5,9,13,15,18-23H,1,4,6-8,10-12,14H2,2H3/t15-,18+,19?,20-,21+,22?,23?,24+,25+/m1/s1. The van der Waals surface area contributed by atoms with Crippen molar-refractivity contribution in [2.45, 2.75) is 57.5 Å². The van der Waals surface area contributed by atoms with Crippen molar-refractivity contribution >= 4 is 5.78 Å². The van der Waals surface area contributed by atoms with Gasteiger partial charge in [0.05, 0.1) is 12.2 Å². The van der Waals surface area contributed by atoms with Crippen molar-refractivity contribution in [3.8, 4) is 0 Å². The predicted molar refractivity (Wildman–Crippen MR) is 106 cm³/mol. The van der Waals surface area contributed by atoms with Crippen LogP contribution in [0.25, 0.3) is 0 Å². The molecule has 3 unspecified atom stereocenters. The molecule has 2 nitrogen and oxygen atoms in total. The number of hydrogen-bond acceptors (Lipinski definition) is 2. The molecule has 0 amide bonds. The van der Waals surface area contributed by atoms with Gasteiger partial charge in [-0.1, -0.05) is 30.7 Å². The SMILES string of the molecule is C=C[C@@H]1CC2=CC(=O)CC[C@@H]2C2CC[C@@]3(CC)C(C21)[C@@H]1C[C@@H]1[C@@]31C=CCO1. The van der Waals surface area contributed by atoms with E-state index in [4.69, 9.17) is 4.74 Å². The van der Waals surface area contributed by atoms with E-state index in [9.17, 15) is 4.79 Å². The van der Waals surface area contributed by atoms with Gasteiger partial charge in [0.1, 0.15) is 0 Å². The average Bonchev–Trinajstić information content (AvgIpc) is 3.26. The fourth-order valence-electron chi connectivity index (χ4n) is 9.00. The lowest BCUT2D eigenvalue weighted by Gasteiger charge is -2.60. The average molecular weight is 365 g/mol. The third-order valence-corrected chi connectivity index (χ3v) is 9.83. The van der Waals surface area contributed by atoms with Crippen LogP contribution in [0.1, 0.15) is 51.9 Å². The molecule has 0 radical (unpaired) electrons. The van der Waals surface area contributed by atoms with Crippen LogP contribution in [0.4, 0.5) is 0 Å². The Balaban J connectivity index is 1.45. The summed E-state index contributed by atoms with van der Waals surface area (Å²) in [4.78, 5) is 12.1. The van der Waals surface area contributed by atoms with Crippen molar-refractivity contribution in [2.24, 2.45) is 46.8 Å². The van der Waals surface area contributed by atoms with Crippen molar-refractivity contribution in [2.75, 3.05) is 6.61 Å². The molecule has 4 fully saturated rings. The maximum Gasteiger partial charge on any atom is 0.155 e. The van der Waals surface area contributed by atoms with Gasteiger partial charge in [-0.25, -0.2) is 0 Å². The fourth-order valence-corrected chi connectivity index (χ4v) is 9.00. The number of fused-ring (bicyclic) bond motifs is 9. The first kappa shape index (κ1) is 16.8. The van der Waals surface area contributed by atoms with Crippen LogP contribution in [0.5, 0.6) is 0 Å². The van der Waals surface area contributed by atoms with Gasteiger partial charge in [-0.3, -0.25) is 4.79 Å². The minimum Gasteiger partial charge on any atom is -0.366 e. The number of ether oxygens (including phenoxy) is 1. The van der Waals surface area contributed by atoms with E-state index in [0.29, 0.717) is 23.0 Å². The highest BCUT2D eigenvalue weighted by molar-refractivity contribution is 5.91. The van der Waals surface area contributed by atoms with Gasteiger partial charge in [-0.05, 0) is 86.0 Å². The minimum atomic E-state index is 0.0341. The normalized spacial score (nSPS) is 54.8. The summed E-state index contributed by atoms with van der Waals surface area (Å²) in [6.07, 6.45) is 17.2. The molecule has 1 heterocycles. The van der Waals surface area contributed by atoms with E-state index in [-0.39, 0.29) is 5.60 Å².